The van der Waals surface area contributed by atoms with Crippen LogP contribution < -0.4 is 10.6 Å². The highest BCUT2D eigenvalue weighted by Crippen LogP contribution is 2.28. The lowest BCUT2D eigenvalue weighted by molar-refractivity contribution is -0.136. The van der Waals surface area contributed by atoms with Crippen LogP contribution in [0, 0.1) is 5.92 Å². The zero-order chi connectivity index (χ0) is 20.4. The molecule has 3 aliphatic heterocycles. The standard InChI is InChI=1S/C22H30N4O3/c1-2-25(13-16-4-3-9-23-11-16)12-15-5-6-18-17(10-15)14-26(22(18)29)19-7-8-20(27)24-21(19)28/h5-6,10,16,19,23H,2-4,7-9,11-14H2,1H3,(H,24,27,28). The van der Waals surface area contributed by atoms with Gasteiger partial charge in [-0.25, -0.2) is 0 Å². The summed E-state index contributed by atoms with van der Waals surface area (Å²) in [4.78, 5) is 40.5. The van der Waals surface area contributed by atoms with E-state index in [1.165, 1.54) is 18.4 Å². The second kappa shape index (κ2) is 8.63. The fraction of sp³-hybridized carbons (Fsp3) is 0.591. The molecule has 2 atom stereocenters. The first-order chi connectivity index (χ1) is 14.0. The largest absolute Gasteiger partial charge is 0.322 e. The smallest absolute Gasteiger partial charge is 0.255 e. The van der Waals surface area contributed by atoms with Gasteiger partial charge in [0.25, 0.3) is 5.91 Å². The Balaban J connectivity index is 1.42. The van der Waals surface area contributed by atoms with E-state index in [1.54, 1.807) is 4.90 Å². The SMILES string of the molecule is CCN(Cc1ccc2c(c1)CN(C1CCC(=O)NC1=O)C2=O)CC1CCCNC1. The first-order valence-corrected chi connectivity index (χ1v) is 10.7. The number of fused-ring (bicyclic) bond motifs is 1. The highest BCUT2D eigenvalue weighted by atomic mass is 16.2. The van der Waals surface area contributed by atoms with Gasteiger partial charge < -0.3 is 10.2 Å². The Kier molecular flexibility index (Phi) is 5.96. The Morgan fingerprint density at radius 2 is 2.07 bits per heavy atom. The first-order valence-electron chi connectivity index (χ1n) is 10.7. The van der Waals surface area contributed by atoms with E-state index >= 15 is 0 Å². The normalized spacial score (nSPS) is 24.8. The number of hydrogen-bond donors (Lipinski definition) is 2. The van der Waals surface area contributed by atoms with Crippen molar-refractivity contribution in [3.63, 3.8) is 0 Å². The van der Waals surface area contributed by atoms with Crippen LogP contribution >= 0.6 is 0 Å². The molecule has 29 heavy (non-hydrogen) atoms. The molecule has 0 spiro atoms. The predicted molar refractivity (Wildman–Crippen MR) is 109 cm³/mol. The molecule has 1 aromatic carbocycles. The predicted octanol–water partition coefficient (Wildman–Crippen LogP) is 1.27. The molecule has 0 radical (unpaired) electrons. The van der Waals surface area contributed by atoms with Crippen molar-refractivity contribution < 1.29 is 14.4 Å². The lowest BCUT2D eigenvalue weighted by atomic mass is 9.98. The number of amides is 3. The molecule has 2 N–H and O–H groups in total. The van der Waals surface area contributed by atoms with Crippen molar-refractivity contribution in [2.24, 2.45) is 5.92 Å². The van der Waals surface area contributed by atoms with Crippen LogP contribution in [0.4, 0.5) is 0 Å². The van der Waals surface area contributed by atoms with Crippen molar-refractivity contribution in [1.29, 1.82) is 0 Å². The minimum Gasteiger partial charge on any atom is -0.322 e. The summed E-state index contributed by atoms with van der Waals surface area (Å²) in [5, 5.41) is 5.84. The molecule has 156 valence electrons. The van der Waals surface area contributed by atoms with Crippen LogP contribution in [0.5, 0.6) is 0 Å². The molecule has 7 nitrogen and oxygen atoms in total. The number of imide groups is 1. The molecule has 3 amide bonds. The summed E-state index contributed by atoms with van der Waals surface area (Å²) in [6.45, 7) is 7.80. The molecular weight excluding hydrogens is 368 g/mol. The van der Waals surface area contributed by atoms with E-state index in [9.17, 15) is 14.4 Å². The summed E-state index contributed by atoms with van der Waals surface area (Å²) in [5.74, 6) is -0.0317. The summed E-state index contributed by atoms with van der Waals surface area (Å²) in [6.07, 6.45) is 3.21. The van der Waals surface area contributed by atoms with Gasteiger partial charge in [-0.15, -0.1) is 0 Å². The number of carbonyl (C=O) groups is 3. The van der Waals surface area contributed by atoms with E-state index in [-0.39, 0.29) is 24.1 Å². The Bertz CT molecular complexity index is 803. The minimum absolute atomic E-state index is 0.110. The van der Waals surface area contributed by atoms with Gasteiger partial charge in [-0.1, -0.05) is 19.1 Å². The maximum absolute atomic E-state index is 12.8. The van der Waals surface area contributed by atoms with Crippen molar-refractivity contribution in [3.8, 4) is 0 Å². The van der Waals surface area contributed by atoms with E-state index in [2.05, 4.69) is 28.5 Å². The molecule has 3 aliphatic rings. The number of rotatable bonds is 6. The van der Waals surface area contributed by atoms with Gasteiger partial charge in [-0.05, 0) is 62.0 Å². The Hall–Kier alpha value is -2.25. The van der Waals surface area contributed by atoms with Gasteiger partial charge in [0.15, 0.2) is 0 Å². The average Bonchev–Trinajstić information content (AvgIpc) is 3.04. The molecule has 1 aromatic rings. The van der Waals surface area contributed by atoms with E-state index in [0.717, 1.165) is 38.3 Å². The lowest BCUT2D eigenvalue weighted by Gasteiger charge is -2.29. The Labute approximate surface area is 171 Å². The highest BCUT2D eigenvalue weighted by molar-refractivity contribution is 6.05. The molecule has 2 saturated heterocycles. The average molecular weight is 399 g/mol. The summed E-state index contributed by atoms with van der Waals surface area (Å²) >= 11 is 0. The summed E-state index contributed by atoms with van der Waals surface area (Å²) in [5.41, 5.74) is 2.86. The van der Waals surface area contributed by atoms with E-state index in [0.29, 0.717) is 24.4 Å². The van der Waals surface area contributed by atoms with Gasteiger partial charge in [0.2, 0.25) is 11.8 Å². The van der Waals surface area contributed by atoms with Crippen molar-refractivity contribution in [2.75, 3.05) is 26.2 Å². The summed E-state index contributed by atoms with van der Waals surface area (Å²) in [6, 6.07) is 5.49. The monoisotopic (exact) mass is 398 g/mol. The molecule has 7 heteroatoms. The number of nitrogens with zero attached hydrogens (tertiary/aromatic N) is 2. The molecule has 0 aromatic heterocycles. The maximum atomic E-state index is 12.8. The molecule has 4 rings (SSSR count). The van der Waals surface area contributed by atoms with E-state index in [4.69, 9.17) is 0 Å². The van der Waals surface area contributed by atoms with Crippen LogP contribution in [0.1, 0.15) is 54.1 Å². The Morgan fingerprint density at radius 1 is 1.21 bits per heavy atom. The number of benzene rings is 1. The van der Waals surface area contributed by atoms with Gasteiger partial charge in [0.05, 0.1) is 0 Å². The maximum Gasteiger partial charge on any atom is 0.255 e. The zero-order valence-corrected chi connectivity index (χ0v) is 17.1. The third kappa shape index (κ3) is 4.36. The van der Waals surface area contributed by atoms with Gasteiger partial charge in [0.1, 0.15) is 6.04 Å². The van der Waals surface area contributed by atoms with Crippen molar-refractivity contribution in [3.05, 3.63) is 34.9 Å². The third-order valence-electron chi connectivity index (χ3n) is 6.36. The van der Waals surface area contributed by atoms with Gasteiger partial charge in [0, 0.05) is 31.6 Å². The summed E-state index contributed by atoms with van der Waals surface area (Å²) in [7, 11) is 0. The molecule has 2 fully saturated rings. The van der Waals surface area contributed by atoms with Gasteiger partial charge in [-0.3, -0.25) is 24.6 Å². The number of carbonyl (C=O) groups excluding carboxylic acids is 3. The van der Waals surface area contributed by atoms with Gasteiger partial charge in [-0.2, -0.15) is 0 Å². The van der Waals surface area contributed by atoms with E-state index in [1.807, 2.05) is 12.1 Å². The van der Waals surface area contributed by atoms with Crippen molar-refractivity contribution >= 4 is 17.7 Å². The Morgan fingerprint density at radius 3 is 2.79 bits per heavy atom. The molecule has 0 bridgehead atoms. The fourth-order valence-electron chi connectivity index (χ4n) is 4.73. The second-order valence-corrected chi connectivity index (χ2v) is 8.43. The molecule has 3 heterocycles. The molecule has 0 saturated carbocycles. The quantitative estimate of drug-likeness (QED) is 0.706. The third-order valence-corrected chi connectivity index (χ3v) is 6.36. The van der Waals surface area contributed by atoms with Crippen LogP contribution in [-0.4, -0.2) is 59.7 Å². The number of nitrogens with one attached hydrogen (secondary N) is 2. The molecule has 0 aliphatic carbocycles. The van der Waals surface area contributed by atoms with Gasteiger partial charge >= 0.3 is 0 Å². The van der Waals surface area contributed by atoms with Crippen molar-refractivity contribution in [2.45, 2.75) is 51.7 Å². The first kappa shape index (κ1) is 20.0. The highest BCUT2D eigenvalue weighted by Gasteiger charge is 2.39. The molecular formula is C22H30N4O3. The summed E-state index contributed by atoms with van der Waals surface area (Å²) < 4.78 is 0. The number of piperidine rings is 2. The number of hydrogen-bond acceptors (Lipinski definition) is 5. The molecule has 2 unspecified atom stereocenters. The topological polar surface area (TPSA) is 81.8 Å². The van der Waals surface area contributed by atoms with Crippen LogP contribution in [0.25, 0.3) is 0 Å². The minimum atomic E-state index is -0.554. The van der Waals surface area contributed by atoms with Crippen LogP contribution in [0.2, 0.25) is 0 Å². The van der Waals surface area contributed by atoms with Crippen molar-refractivity contribution in [1.82, 2.24) is 20.4 Å². The van der Waals surface area contributed by atoms with Crippen LogP contribution in [-0.2, 0) is 22.7 Å². The lowest BCUT2D eigenvalue weighted by Crippen LogP contribution is -2.52. The second-order valence-electron chi connectivity index (χ2n) is 8.43. The fourth-order valence-corrected chi connectivity index (χ4v) is 4.73. The zero-order valence-electron chi connectivity index (χ0n) is 17.1. The van der Waals surface area contributed by atoms with E-state index < -0.39 is 6.04 Å². The van der Waals surface area contributed by atoms with Crippen LogP contribution in [0.15, 0.2) is 18.2 Å². The van der Waals surface area contributed by atoms with Crippen LogP contribution in [0.3, 0.4) is 0 Å².